The van der Waals surface area contributed by atoms with Gasteiger partial charge in [0.25, 0.3) is 0 Å². The molecule has 2 heterocycles. The Balaban J connectivity index is 1.73. The van der Waals surface area contributed by atoms with Crippen molar-refractivity contribution in [2.24, 2.45) is 5.92 Å². The van der Waals surface area contributed by atoms with Gasteiger partial charge in [-0.3, -0.25) is 4.79 Å². The van der Waals surface area contributed by atoms with Gasteiger partial charge in [-0.2, -0.15) is 4.98 Å². The third-order valence-corrected chi connectivity index (χ3v) is 3.55. The van der Waals surface area contributed by atoms with E-state index in [1.54, 1.807) is 12.4 Å². The molecule has 0 radical (unpaired) electrons. The Morgan fingerprint density at radius 1 is 1.25 bits per heavy atom. The summed E-state index contributed by atoms with van der Waals surface area (Å²) in [4.78, 5) is 24.4. The smallest absolute Gasteiger partial charge is 0.240 e. The van der Waals surface area contributed by atoms with Gasteiger partial charge >= 0.3 is 0 Å². The molecule has 1 atom stereocenters. The first kappa shape index (κ1) is 12.9. The molecule has 1 aliphatic rings. The number of ketones is 1. The molecule has 0 aliphatic heterocycles. The number of aryl methyl sites for hydroxylation is 1. The van der Waals surface area contributed by atoms with Gasteiger partial charge < -0.3 is 4.52 Å². The van der Waals surface area contributed by atoms with Crippen molar-refractivity contribution in [3.63, 3.8) is 0 Å². The van der Waals surface area contributed by atoms with E-state index < -0.39 is 0 Å². The highest BCUT2D eigenvalue weighted by Gasteiger charge is 2.25. The van der Waals surface area contributed by atoms with Crippen LogP contribution in [-0.4, -0.2) is 25.9 Å². The SMILES string of the molecule is Cc1cnc(-c2noc(CC3CCCCC3=O)n2)nc1. The van der Waals surface area contributed by atoms with E-state index >= 15 is 0 Å². The zero-order valence-electron chi connectivity index (χ0n) is 11.4. The highest BCUT2D eigenvalue weighted by molar-refractivity contribution is 5.81. The largest absolute Gasteiger partial charge is 0.339 e. The Morgan fingerprint density at radius 3 is 2.80 bits per heavy atom. The molecule has 0 aromatic carbocycles. The van der Waals surface area contributed by atoms with Crippen molar-refractivity contribution in [2.45, 2.75) is 39.0 Å². The molecule has 20 heavy (non-hydrogen) atoms. The van der Waals surface area contributed by atoms with Gasteiger partial charge in [-0.05, 0) is 25.3 Å². The Hall–Kier alpha value is -2.11. The molecule has 0 saturated heterocycles. The summed E-state index contributed by atoms with van der Waals surface area (Å²) in [6, 6.07) is 0. The van der Waals surface area contributed by atoms with E-state index in [-0.39, 0.29) is 5.92 Å². The number of carbonyl (C=O) groups excluding carboxylic acids is 1. The fourth-order valence-corrected chi connectivity index (χ4v) is 2.42. The van der Waals surface area contributed by atoms with Gasteiger partial charge in [0, 0.05) is 31.2 Å². The van der Waals surface area contributed by atoms with Crippen molar-refractivity contribution in [3.05, 3.63) is 23.8 Å². The Morgan fingerprint density at radius 2 is 2.05 bits per heavy atom. The minimum Gasteiger partial charge on any atom is -0.339 e. The van der Waals surface area contributed by atoms with Gasteiger partial charge in [0.2, 0.25) is 17.5 Å². The first-order valence-electron chi connectivity index (χ1n) is 6.86. The van der Waals surface area contributed by atoms with Gasteiger partial charge in [0.1, 0.15) is 5.78 Å². The second kappa shape index (κ2) is 5.48. The molecule has 0 bridgehead atoms. The molecular formula is C14H16N4O2. The molecular weight excluding hydrogens is 256 g/mol. The van der Waals surface area contributed by atoms with Crippen molar-refractivity contribution in [1.29, 1.82) is 0 Å². The van der Waals surface area contributed by atoms with Crippen LogP contribution in [-0.2, 0) is 11.2 Å². The Labute approximate surface area is 116 Å². The first-order valence-corrected chi connectivity index (χ1v) is 6.86. The summed E-state index contributed by atoms with van der Waals surface area (Å²) in [6.07, 6.45) is 7.63. The van der Waals surface area contributed by atoms with E-state index in [2.05, 4.69) is 20.1 Å². The Kier molecular flexibility index (Phi) is 3.54. The molecule has 1 fully saturated rings. The molecule has 3 rings (SSSR count). The standard InChI is InChI=1S/C14H16N4O2/c1-9-7-15-13(16-8-9)14-17-12(20-18-14)6-10-4-2-3-5-11(10)19/h7-8,10H,2-6H2,1H3. The lowest BCUT2D eigenvalue weighted by Gasteiger charge is -2.18. The lowest BCUT2D eigenvalue weighted by Crippen LogP contribution is -2.21. The molecule has 1 saturated carbocycles. The average Bonchev–Trinajstić information content (AvgIpc) is 2.91. The van der Waals surface area contributed by atoms with Gasteiger partial charge in [0.05, 0.1) is 0 Å². The zero-order valence-corrected chi connectivity index (χ0v) is 11.4. The van der Waals surface area contributed by atoms with Crippen LogP contribution in [0.15, 0.2) is 16.9 Å². The zero-order chi connectivity index (χ0) is 13.9. The first-order chi connectivity index (χ1) is 9.72. The second-order valence-electron chi connectivity index (χ2n) is 5.21. The van der Waals surface area contributed by atoms with Crippen LogP contribution in [0.1, 0.15) is 37.1 Å². The Bertz CT molecular complexity index is 606. The van der Waals surface area contributed by atoms with Crippen molar-refractivity contribution in [1.82, 2.24) is 20.1 Å². The van der Waals surface area contributed by atoms with Crippen LogP contribution in [0.4, 0.5) is 0 Å². The van der Waals surface area contributed by atoms with Crippen LogP contribution >= 0.6 is 0 Å². The van der Waals surface area contributed by atoms with Crippen LogP contribution in [0.25, 0.3) is 11.6 Å². The van der Waals surface area contributed by atoms with Crippen molar-refractivity contribution in [2.75, 3.05) is 0 Å². The van der Waals surface area contributed by atoms with Gasteiger partial charge in [0.15, 0.2) is 0 Å². The quantitative estimate of drug-likeness (QED) is 0.851. The number of Topliss-reactive ketones (excluding diaryl/α,β-unsaturated/α-hetero) is 1. The third-order valence-electron chi connectivity index (χ3n) is 3.55. The molecule has 1 unspecified atom stereocenters. The lowest BCUT2D eigenvalue weighted by molar-refractivity contribution is -0.124. The van der Waals surface area contributed by atoms with Crippen molar-refractivity contribution >= 4 is 5.78 Å². The maximum atomic E-state index is 11.8. The summed E-state index contributed by atoms with van der Waals surface area (Å²) in [5.41, 5.74) is 0.977. The fourth-order valence-electron chi connectivity index (χ4n) is 2.42. The molecule has 0 amide bonds. The molecule has 6 heteroatoms. The fraction of sp³-hybridized carbons (Fsp3) is 0.500. The summed E-state index contributed by atoms with van der Waals surface area (Å²) < 4.78 is 5.21. The molecule has 2 aromatic heterocycles. The topological polar surface area (TPSA) is 81.8 Å². The second-order valence-corrected chi connectivity index (χ2v) is 5.21. The summed E-state index contributed by atoms with van der Waals surface area (Å²) in [5, 5.41) is 3.88. The summed E-state index contributed by atoms with van der Waals surface area (Å²) in [7, 11) is 0. The monoisotopic (exact) mass is 272 g/mol. The number of nitrogens with zero attached hydrogens (tertiary/aromatic N) is 4. The molecule has 1 aliphatic carbocycles. The van der Waals surface area contributed by atoms with Crippen LogP contribution in [0.2, 0.25) is 0 Å². The van der Waals surface area contributed by atoms with Crippen LogP contribution in [0, 0.1) is 12.8 Å². The number of hydrogen-bond acceptors (Lipinski definition) is 6. The molecule has 104 valence electrons. The lowest BCUT2D eigenvalue weighted by atomic mass is 9.86. The van der Waals surface area contributed by atoms with Gasteiger partial charge in [-0.15, -0.1) is 0 Å². The predicted molar refractivity (Wildman–Crippen MR) is 70.7 cm³/mol. The molecule has 0 spiro atoms. The normalized spacial score (nSPS) is 19.2. The van der Waals surface area contributed by atoms with Crippen LogP contribution in [0.3, 0.4) is 0 Å². The van der Waals surface area contributed by atoms with Crippen LogP contribution < -0.4 is 0 Å². The summed E-state index contributed by atoms with van der Waals surface area (Å²) in [6.45, 7) is 1.92. The highest BCUT2D eigenvalue weighted by atomic mass is 16.5. The average molecular weight is 272 g/mol. The van der Waals surface area contributed by atoms with E-state index in [1.165, 1.54) is 0 Å². The summed E-state index contributed by atoms with van der Waals surface area (Å²) in [5.74, 6) is 1.65. The number of aromatic nitrogens is 4. The van der Waals surface area contributed by atoms with E-state index in [9.17, 15) is 4.79 Å². The van der Waals surface area contributed by atoms with Crippen LogP contribution in [0.5, 0.6) is 0 Å². The van der Waals surface area contributed by atoms with E-state index in [0.29, 0.717) is 36.2 Å². The van der Waals surface area contributed by atoms with Crippen molar-refractivity contribution in [3.8, 4) is 11.6 Å². The third kappa shape index (κ3) is 2.74. The predicted octanol–water partition coefficient (Wildman–Crippen LogP) is 2.14. The highest BCUT2D eigenvalue weighted by Crippen LogP contribution is 2.24. The minimum absolute atomic E-state index is 0.0241. The van der Waals surface area contributed by atoms with Gasteiger partial charge in [-0.25, -0.2) is 9.97 Å². The summed E-state index contributed by atoms with van der Waals surface area (Å²) >= 11 is 0. The van der Waals surface area contributed by atoms with Gasteiger partial charge in [-0.1, -0.05) is 11.6 Å². The minimum atomic E-state index is 0.0241. The van der Waals surface area contributed by atoms with E-state index in [4.69, 9.17) is 4.52 Å². The molecule has 2 aromatic rings. The number of rotatable bonds is 3. The molecule has 6 nitrogen and oxygen atoms in total. The van der Waals surface area contributed by atoms with E-state index in [0.717, 1.165) is 24.8 Å². The van der Waals surface area contributed by atoms with Crippen molar-refractivity contribution < 1.29 is 9.32 Å². The number of hydrogen-bond donors (Lipinski definition) is 0. The maximum absolute atomic E-state index is 11.8. The maximum Gasteiger partial charge on any atom is 0.240 e. The van der Waals surface area contributed by atoms with E-state index in [1.807, 2.05) is 6.92 Å². The number of carbonyl (C=O) groups is 1. The molecule has 0 N–H and O–H groups in total.